The number of nitrogens with one attached hydrogen (secondary N) is 1. The Morgan fingerprint density at radius 3 is 2.50 bits per heavy atom. The first-order valence-corrected chi connectivity index (χ1v) is 10.7. The van der Waals surface area contributed by atoms with Crippen LogP contribution in [0.5, 0.6) is 0 Å². The second-order valence-corrected chi connectivity index (χ2v) is 9.01. The van der Waals surface area contributed by atoms with Crippen LogP contribution in [0.4, 0.5) is 0 Å². The smallest absolute Gasteiger partial charge is 0.251 e. The molecule has 0 atom stereocenters. The van der Waals surface area contributed by atoms with Gasteiger partial charge in [-0.25, -0.2) is 13.4 Å². The number of hydrogen-bond acceptors (Lipinski definition) is 5. The summed E-state index contributed by atoms with van der Waals surface area (Å²) < 4.78 is 23.2. The van der Waals surface area contributed by atoms with Crippen LogP contribution in [0.2, 0.25) is 0 Å². The Balaban J connectivity index is 1.66. The molecule has 0 fully saturated rings. The van der Waals surface area contributed by atoms with Gasteiger partial charge in [-0.1, -0.05) is 30.3 Å². The van der Waals surface area contributed by atoms with Gasteiger partial charge in [-0.15, -0.1) is 11.3 Å². The lowest BCUT2D eigenvalue weighted by atomic mass is 10.1. The number of hydrogen-bond donors (Lipinski definition) is 1. The Labute approximate surface area is 156 Å². The van der Waals surface area contributed by atoms with E-state index in [4.69, 9.17) is 0 Å². The molecule has 1 N–H and O–H groups in total. The maximum atomic E-state index is 12.3. The number of sulfone groups is 1. The zero-order chi connectivity index (χ0) is 18.7. The molecule has 0 unspecified atom stereocenters. The van der Waals surface area contributed by atoms with Gasteiger partial charge in [-0.05, 0) is 30.7 Å². The van der Waals surface area contributed by atoms with Crippen LogP contribution in [-0.4, -0.2) is 25.6 Å². The van der Waals surface area contributed by atoms with E-state index < -0.39 is 9.84 Å². The third-order valence-electron chi connectivity index (χ3n) is 3.85. The van der Waals surface area contributed by atoms with E-state index in [0.29, 0.717) is 12.1 Å². The summed E-state index contributed by atoms with van der Waals surface area (Å²) in [6.45, 7) is 2.33. The van der Waals surface area contributed by atoms with Gasteiger partial charge < -0.3 is 5.32 Å². The van der Waals surface area contributed by atoms with E-state index in [1.807, 2.05) is 36.6 Å². The fourth-order valence-electron chi connectivity index (χ4n) is 2.44. The van der Waals surface area contributed by atoms with Gasteiger partial charge in [0.1, 0.15) is 0 Å². The van der Waals surface area contributed by atoms with Gasteiger partial charge in [0.2, 0.25) is 0 Å². The molecule has 2 aromatic carbocycles. The molecule has 0 spiro atoms. The monoisotopic (exact) mass is 386 g/mol. The average molecular weight is 386 g/mol. The molecule has 0 aliphatic heterocycles. The minimum absolute atomic E-state index is 0.132. The van der Waals surface area contributed by atoms with Gasteiger partial charge in [0.25, 0.3) is 5.91 Å². The number of aromatic nitrogens is 1. The molecule has 1 heterocycles. The van der Waals surface area contributed by atoms with Crippen molar-refractivity contribution in [3.63, 3.8) is 0 Å². The number of nitrogens with zero attached hydrogens (tertiary/aromatic N) is 1. The van der Waals surface area contributed by atoms with Crippen LogP contribution in [0.25, 0.3) is 11.3 Å². The second-order valence-electron chi connectivity index (χ2n) is 5.93. The summed E-state index contributed by atoms with van der Waals surface area (Å²) in [5.74, 6) is -0.310. The van der Waals surface area contributed by atoms with Crippen molar-refractivity contribution >= 4 is 27.1 Å². The van der Waals surface area contributed by atoms with Crippen molar-refractivity contribution < 1.29 is 13.2 Å². The first-order valence-electron chi connectivity index (χ1n) is 7.93. The number of amides is 1. The summed E-state index contributed by atoms with van der Waals surface area (Å²) in [7, 11) is -3.34. The molecule has 7 heteroatoms. The van der Waals surface area contributed by atoms with E-state index >= 15 is 0 Å². The van der Waals surface area contributed by atoms with E-state index in [0.717, 1.165) is 28.1 Å². The van der Waals surface area contributed by atoms with Crippen molar-refractivity contribution in [1.82, 2.24) is 10.3 Å². The Morgan fingerprint density at radius 2 is 1.88 bits per heavy atom. The molecule has 0 aliphatic carbocycles. The molecule has 0 bridgehead atoms. The summed E-state index contributed by atoms with van der Waals surface area (Å²) in [4.78, 5) is 16.9. The molecule has 0 saturated heterocycles. The molecule has 0 saturated carbocycles. The van der Waals surface area contributed by atoms with Crippen LogP contribution in [0.15, 0.2) is 58.8 Å². The minimum atomic E-state index is -3.34. The zero-order valence-corrected chi connectivity index (χ0v) is 16.0. The molecule has 3 aromatic rings. The van der Waals surface area contributed by atoms with E-state index in [1.54, 1.807) is 23.5 Å². The average Bonchev–Trinajstić information content (AvgIpc) is 3.06. The number of benzene rings is 2. The predicted molar refractivity (Wildman–Crippen MR) is 103 cm³/mol. The third kappa shape index (κ3) is 4.36. The zero-order valence-electron chi connectivity index (χ0n) is 14.4. The Morgan fingerprint density at radius 1 is 1.15 bits per heavy atom. The number of carbonyl (C=O) groups is 1. The molecule has 1 aromatic heterocycles. The van der Waals surface area contributed by atoms with E-state index in [-0.39, 0.29) is 10.8 Å². The minimum Gasteiger partial charge on any atom is -0.348 e. The highest BCUT2D eigenvalue weighted by Crippen LogP contribution is 2.21. The third-order valence-corrected chi connectivity index (χ3v) is 5.73. The Bertz CT molecular complexity index is 1040. The first-order chi connectivity index (χ1) is 12.3. The van der Waals surface area contributed by atoms with Crippen molar-refractivity contribution in [2.24, 2.45) is 0 Å². The maximum Gasteiger partial charge on any atom is 0.251 e. The molecule has 26 heavy (non-hydrogen) atoms. The summed E-state index contributed by atoms with van der Waals surface area (Å²) in [6.07, 6.45) is 1.12. The lowest BCUT2D eigenvalue weighted by Crippen LogP contribution is -2.23. The fourth-order valence-corrected chi connectivity index (χ4v) is 3.73. The largest absolute Gasteiger partial charge is 0.348 e. The van der Waals surface area contributed by atoms with E-state index in [1.165, 1.54) is 12.1 Å². The fraction of sp³-hybridized carbons (Fsp3) is 0.158. The highest BCUT2D eigenvalue weighted by atomic mass is 32.2. The standard InChI is InChI=1S/C19H18N2O3S2/c1-13-21-18(12-25-13)15-8-6-14(7-9-15)11-20-19(22)16-4-3-5-17(10-16)26(2,23)24/h3-10,12H,11H2,1-2H3,(H,20,22). The van der Waals surface area contributed by atoms with Crippen molar-refractivity contribution in [1.29, 1.82) is 0 Å². The maximum absolute atomic E-state index is 12.3. The lowest BCUT2D eigenvalue weighted by Gasteiger charge is -2.07. The number of carbonyl (C=O) groups excluding carboxylic acids is 1. The van der Waals surface area contributed by atoms with Crippen molar-refractivity contribution in [2.75, 3.05) is 6.26 Å². The van der Waals surface area contributed by atoms with Gasteiger partial charge in [0.15, 0.2) is 9.84 Å². The van der Waals surface area contributed by atoms with E-state index in [2.05, 4.69) is 10.3 Å². The van der Waals surface area contributed by atoms with Crippen LogP contribution < -0.4 is 5.32 Å². The lowest BCUT2D eigenvalue weighted by molar-refractivity contribution is 0.0950. The molecular weight excluding hydrogens is 368 g/mol. The quantitative estimate of drug-likeness (QED) is 0.729. The molecule has 3 rings (SSSR count). The van der Waals surface area contributed by atoms with Crippen molar-refractivity contribution in [2.45, 2.75) is 18.4 Å². The molecule has 5 nitrogen and oxygen atoms in total. The van der Waals surface area contributed by atoms with Crippen molar-refractivity contribution in [3.05, 3.63) is 70.0 Å². The number of rotatable bonds is 5. The van der Waals surface area contributed by atoms with Crippen LogP contribution in [0, 0.1) is 6.92 Å². The molecular formula is C19H18N2O3S2. The van der Waals surface area contributed by atoms with Gasteiger partial charge in [0, 0.05) is 29.3 Å². The SMILES string of the molecule is Cc1nc(-c2ccc(CNC(=O)c3cccc(S(C)(=O)=O)c3)cc2)cs1. The van der Waals surface area contributed by atoms with Crippen LogP contribution in [-0.2, 0) is 16.4 Å². The Hall–Kier alpha value is -2.51. The normalized spacial score (nSPS) is 11.3. The van der Waals surface area contributed by atoms with Crippen LogP contribution in [0.1, 0.15) is 20.9 Å². The van der Waals surface area contributed by atoms with Gasteiger partial charge >= 0.3 is 0 Å². The van der Waals surface area contributed by atoms with Crippen LogP contribution >= 0.6 is 11.3 Å². The summed E-state index contributed by atoms with van der Waals surface area (Å²) in [5.41, 5.74) is 3.25. The molecule has 134 valence electrons. The first kappa shape index (κ1) is 18.3. The molecule has 0 aliphatic rings. The topological polar surface area (TPSA) is 76.1 Å². The highest BCUT2D eigenvalue weighted by molar-refractivity contribution is 7.90. The highest BCUT2D eigenvalue weighted by Gasteiger charge is 2.11. The molecule has 1 amide bonds. The summed E-state index contributed by atoms with van der Waals surface area (Å²) in [6, 6.07) is 13.9. The number of thiazole rings is 1. The predicted octanol–water partition coefficient (Wildman–Crippen LogP) is 3.45. The van der Waals surface area contributed by atoms with Crippen LogP contribution in [0.3, 0.4) is 0 Å². The van der Waals surface area contributed by atoms with Gasteiger partial charge in [-0.2, -0.15) is 0 Å². The summed E-state index contributed by atoms with van der Waals surface area (Å²) >= 11 is 1.61. The molecule has 0 radical (unpaired) electrons. The van der Waals surface area contributed by atoms with Crippen molar-refractivity contribution in [3.8, 4) is 11.3 Å². The Kier molecular flexibility index (Phi) is 5.20. The van der Waals surface area contributed by atoms with E-state index in [9.17, 15) is 13.2 Å². The second kappa shape index (κ2) is 7.39. The number of aryl methyl sites for hydroxylation is 1. The van der Waals surface area contributed by atoms with Gasteiger partial charge in [-0.3, -0.25) is 4.79 Å². The summed E-state index contributed by atoms with van der Waals surface area (Å²) in [5, 5.41) is 5.85. The van der Waals surface area contributed by atoms with Gasteiger partial charge in [0.05, 0.1) is 15.6 Å².